The molecule has 39 heavy (non-hydrogen) atoms. The molecule has 3 saturated carbocycles. The Kier molecular flexibility index (Phi) is 6.76. The zero-order chi connectivity index (χ0) is 27.2. The van der Waals surface area contributed by atoms with E-state index in [0.29, 0.717) is 54.5 Å². The zero-order valence-corrected chi connectivity index (χ0v) is 23.4. The van der Waals surface area contributed by atoms with E-state index in [4.69, 9.17) is 9.47 Å². The zero-order valence-electron chi connectivity index (χ0n) is 23.4. The topological polar surface area (TPSA) is 70.4 Å². The molecular formula is C33H40N2O4. The molecular weight excluding hydrogens is 488 g/mol. The second-order valence-corrected chi connectivity index (χ2v) is 12.5. The van der Waals surface area contributed by atoms with Crippen molar-refractivity contribution >= 4 is 17.6 Å². The third-order valence-electron chi connectivity index (χ3n) is 10.5. The normalized spacial score (nSPS) is 32.8. The third kappa shape index (κ3) is 4.56. The first-order chi connectivity index (χ1) is 18.8. The average molecular weight is 529 g/mol. The summed E-state index contributed by atoms with van der Waals surface area (Å²) >= 11 is 0. The van der Waals surface area contributed by atoms with E-state index < -0.39 is 0 Å². The molecule has 5 atom stereocenters. The molecule has 2 aromatic rings. The van der Waals surface area contributed by atoms with Gasteiger partial charge in [0.25, 0.3) is 0 Å². The minimum absolute atomic E-state index is 0.121. The lowest BCUT2D eigenvalue weighted by molar-refractivity contribution is -0.130. The Bertz CT molecular complexity index is 1330. The number of ether oxygens (including phenoxy) is 2. The van der Waals surface area contributed by atoms with Crippen molar-refractivity contribution in [3.63, 3.8) is 0 Å². The summed E-state index contributed by atoms with van der Waals surface area (Å²) in [4.78, 5) is 30.1. The summed E-state index contributed by atoms with van der Waals surface area (Å²) in [5.41, 5.74) is 3.12. The number of carbonyl (C=O) groups is 2. The van der Waals surface area contributed by atoms with Crippen LogP contribution in [-0.4, -0.2) is 34.8 Å². The largest absolute Gasteiger partial charge is 0.493 e. The van der Waals surface area contributed by atoms with Crippen LogP contribution >= 0.6 is 0 Å². The molecule has 6 nitrogen and oxygen atoms in total. The number of hydrogen-bond acceptors (Lipinski definition) is 5. The summed E-state index contributed by atoms with van der Waals surface area (Å²) in [6, 6.07) is 5.95. The molecule has 0 saturated heterocycles. The maximum atomic E-state index is 13.8. The molecule has 0 aliphatic heterocycles. The summed E-state index contributed by atoms with van der Waals surface area (Å²) in [7, 11) is 1.66. The lowest BCUT2D eigenvalue weighted by atomic mass is 9.48. The Morgan fingerprint density at radius 1 is 1.13 bits per heavy atom. The monoisotopic (exact) mass is 528 g/mol. The summed E-state index contributed by atoms with van der Waals surface area (Å²) in [5.74, 6) is 3.56. The highest BCUT2D eigenvalue weighted by molar-refractivity contribution is 6.06. The van der Waals surface area contributed by atoms with Crippen molar-refractivity contribution in [1.82, 2.24) is 9.55 Å². The molecule has 1 aromatic carbocycles. The van der Waals surface area contributed by atoms with E-state index in [2.05, 4.69) is 31.0 Å². The average Bonchev–Trinajstić information content (AvgIpc) is 3.54. The number of allylic oxidation sites excluding steroid dienone is 3. The van der Waals surface area contributed by atoms with E-state index in [1.54, 1.807) is 13.3 Å². The quantitative estimate of drug-likeness (QED) is 0.234. The van der Waals surface area contributed by atoms with Crippen molar-refractivity contribution in [1.29, 1.82) is 0 Å². The van der Waals surface area contributed by atoms with E-state index in [0.717, 1.165) is 62.0 Å². The molecule has 3 unspecified atom stereocenters. The van der Waals surface area contributed by atoms with Gasteiger partial charge in [-0.3, -0.25) is 9.59 Å². The van der Waals surface area contributed by atoms with Gasteiger partial charge in [0.1, 0.15) is 5.78 Å². The Hall–Kier alpha value is -3.15. The summed E-state index contributed by atoms with van der Waals surface area (Å²) in [5, 5.41) is 0. The van der Waals surface area contributed by atoms with Crippen LogP contribution in [0.1, 0.15) is 70.8 Å². The number of fused-ring (bicyclic) bond motifs is 5. The van der Waals surface area contributed by atoms with Gasteiger partial charge >= 0.3 is 0 Å². The second-order valence-electron chi connectivity index (χ2n) is 12.5. The van der Waals surface area contributed by atoms with Crippen LogP contribution in [0.25, 0.3) is 6.08 Å². The summed E-state index contributed by atoms with van der Waals surface area (Å²) in [6.45, 7) is 6.04. The van der Waals surface area contributed by atoms with Crippen molar-refractivity contribution < 1.29 is 19.1 Å². The van der Waals surface area contributed by atoms with Crippen molar-refractivity contribution in [2.45, 2.75) is 71.8 Å². The molecule has 3 fully saturated rings. The van der Waals surface area contributed by atoms with Crippen LogP contribution in [0.4, 0.5) is 0 Å². The molecule has 1 aromatic heterocycles. The van der Waals surface area contributed by atoms with E-state index >= 15 is 0 Å². The Morgan fingerprint density at radius 2 is 2.00 bits per heavy atom. The molecule has 206 valence electrons. The molecule has 4 aliphatic carbocycles. The summed E-state index contributed by atoms with van der Waals surface area (Å²) in [6.07, 6.45) is 17.0. The Balaban J connectivity index is 1.18. The number of aromatic nitrogens is 2. The molecule has 1 heterocycles. The Morgan fingerprint density at radius 3 is 2.79 bits per heavy atom. The van der Waals surface area contributed by atoms with Crippen LogP contribution in [0.2, 0.25) is 0 Å². The van der Waals surface area contributed by atoms with Gasteiger partial charge in [0.05, 0.1) is 20.0 Å². The molecule has 0 radical (unpaired) electrons. The smallest absolute Gasteiger partial charge is 0.165 e. The molecule has 6 rings (SSSR count). The van der Waals surface area contributed by atoms with Crippen molar-refractivity contribution in [2.24, 2.45) is 28.6 Å². The highest BCUT2D eigenvalue weighted by atomic mass is 16.5. The number of ketones is 2. The predicted molar refractivity (Wildman–Crippen MR) is 150 cm³/mol. The van der Waals surface area contributed by atoms with Gasteiger partial charge in [-0.1, -0.05) is 31.6 Å². The van der Waals surface area contributed by atoms with Gasteiger partial charge in [-0.25, -0.2) is 4.98 Å². The van der Waals surface area contributed by atoms with Crippen LogP contribution in [0.5, 0.6) is 11.5 Å². The van der Waals surface area contributed by atoms with Crippen molar-refractivity contribution in [3.8, 4) is 11.5 Å². The minimum Gasteiger partial charge on any atom is -0.493 e. The fraction of sp³-hybridized carbons (Fsp3) is 0.545. The van der Waals surface area contributed by atoms with Gasteiger partial charge in [0.2, 0.25) is 0 Å². The van der Waals surface area contributed by atoms with Gasteiger partial charge in [-0.05, 0) is 91.0 Å². The van der Waals surface area contributed by atoms with E-state index in [-0.39, 0.29) is 10.8 Å². The molecule has 0 N–H and O–H groups in total. The number of Topliss-reactive ketones (excluding diaryl/α,β-unsaturated/α-hetero) is 2. The van der Waals surface area contributed by atoms with Gasteiger partial charge in [-0.2, -0.15) is 0 Å². The maximum Gasteiger partial charge on any atom is 0.165 e. The lowest BCUT2D eigenvalue weighted by Crippen LogP contribution is -2.50. The van der Waals surface area contributed by atoms with Crippen LogP contribution in [0.15, 0.2) is 54.1 Å². The molecule has 0 amide bonds. The fourth-order valence-corrected chi connectivity index (χ4v) is 8.22. The summed E-state index contributed by atoms with van der Waals surface area (Å²) < 4.78 is 13.7. The van der Waals surface area contributed by atoms with E-state index in [1.807, 2.05) is 35.3 Å². The predicted octanol–water partition coefficient (Wildman–Crippen LogP) is 6.46. The van der Waals surface area contributed by atoms with Crippen LogP contribution in [0.3, 0.4) is 0 Å². The maximum absolute atomic E-state index is 13.8. The van der Waals surface area contributed by atoms with Gasteiger partial charge in [-0.15, -0.1) is 0 Å². The Labute approximate surface area is 231 Å². The number of hydrogen-bond donors (Lipinski definition) is 0. The van der Waals surface area contributed by atoms with E-state index in [1.165, 1.54) is 5.57 Å². The van der Waals surface area contributed by atoms with Gasteiger partial charge in [0, 0.05) is 37.2 Å². The number of aryl methyl sites for hydroxylation is 1. The minimum atomic E-state index is -0.290. The molecule has 6 heteroatoms. The highest BCUT2D eigenvalue weighted by Crippen LogP contribution is 2.64. The number of imidazole rings is 1. The van der Waals surface area contributed by atoms with E-state index in [9.17, 15) is 9.59 Å². The SMILES string of the molecule is COc1cc(C=C2CC3C4CC=C5CC(=O)CC[C@]5(C)C4CC[C@]3(C)C2=O)ccc1OCCCn1ccnc1. The number of carbonyl (C=O) groups excluding carboxylic acids is 2. The fourth-order valence-electron chi connectivity index (χ4n) is 8.22. The first-order valence-electron chi connectivity index (χ1n) is 14.5. The van der Waals surface area contributed by atoms with Crippen molar-refractivity contribution in [2.75, 3.05) is 13.7 Å². The first kappa shape index (κ1) is 26.1. The highest BCUT2D eigenvalue weighted by Gasteiger charge is 2.59. The van der Waals surface area contributed by atoms with Crippen LogP contribution in [0, 0.1) is 28.6 Å². The van der Waals surface area contributed by atoms with Gasteiger partial charge in [0.15, 0.2) is 17.3 Å². The number of benzene rings is 1. The molecule has 0 spiro atoms. The first-order valence-corrected chi connectivity index (χ1v) is 14.5. The standard InChI is InChI=1S/C33H40N2O4/c1-32-11-9-25(36)20-24(32)6-7-26-27(32)10-12-33(2)28(26)19-23(31(33)37)17-22-5-8-29(30(18-22)38-3)39-16-4-14-35-15-13-34-21-35/h5-6,8,13,15,17-18,21,26-28H,4,7,9-12,14,16,19-20H2,1-3H3/t26?,27?,28?,32-,33-/m0/s1. The lowest BCUT2D eigenvalue weighted by Gasteiger charge is -2.56. The molecule has 4 aliphatic rings. The number of methoxy groups -OCH3 is 1. The second kappa shape index (κ2) is 10.1. The number of nitrogens with zero attached hydrogens (tertiary/aromatic N) is 2. The molecule has 0 bridgehead atoms. The van der Waals surface area contributed by atoms with Crippen LogP contribution in [-0.2, 0) is 16.1 Å². The van der Waals surface area contributed by atoms with Gasteiger partial charge < -0.3 is 14.0 Å². The van der Waals surface area contributed by atoms with Crippen LogP contribution < -0.4 is 9.47 Å². The number of rotatable bonds is 7. The van der Waals surface area contributed by atoms with Crippen molar-refractivity contribution in [3.05, 3.63) is 59.7 Å². The third-order valence-corrected chi connectivity index (χ3v) is 10.5.